The first-order valence-corrected chi connectivity index (χ1v) is 7.67. The van der Waals surface area contributed by atoms with Crippen molar-refractivity contribution < 1.29 is 4.74 Å². The van der Waals surface area contributed by atoms with E-state index in [1.165, 1.54) is 11.1 Å². The van der Waals surface area contributed by atoms with E-state index in [2.05, 4.69) is 57.3 Å². The van der Waals surface area contributed by atoms with Gasteiger partial charge in [0.15, 0.2) is 0 Å². The Labute approximate surface area is 122 Å². The molecular formula is C16H16BrNO. The first kappa shape index (κ1) is 12.8. The summed E-state index contributed by atoms with van der Waals surface area (Å²) in [5.41, 5.74) is 2.51. The zero-order valence-electron chi connectivity index (χ0n) is 10.6. The van der Waals surface area contributed by atoms with Gasteiger partial charge in [0.2, 0.25) is 0 Å². The van der Waals surface area contributed by atoms with E-state index in [0.29, 0.717) is 5.92 Å². The van der Waals surface area contributed by atoms with Gasteiger partial charge >= 0.3 is 0 Å². The second-order valence-corrected chi connectivity index (χ2v) is 5.52. The fraction of sp³-hybridized carbons (Fsp3) is 0.312. The molecule has 0 amide bonds. The van der Waals surface area contributed by atoms with Crippen molar-refractivity contribution in [2.75, 3.05) is 5.33 Å². The van der Waals surface area contributed by atoms with Crippen LogP contribution in [-0.2, 0) is 4.74 Å². The molecule has 1 aromatic carbocycles. The quantitative estimate of drug-likeness (QED) is 0.795. The van der Waals surface area contributed by atoms with Crippen LogP contribution in [0.5, 0.6) is 0 Å². The van der Waals surface area contributed by atoms with Crippen molar-refractivity contribution in [2.24, 2.45) is 0 Å². The standard InChI is InChI=1S/C16H16BrNO/c17-10-14-9-15(12-5-2-1-3-6-12)16(19-14)13-7-4-8-18-11-13/h1-8,11,14-16H,9-10H2/t14-,15-,16+/m0/s1. The Morgan fingerprint density at radius 3 is 2.58 bits per heavy atom. The molecule has 0 saturated carbocycles. The molecule has 3 heteroatoms. The Hall–Kier alpha value is -1.19. The van der Waals surface area contributed by atoms with Gasteiger partial charge in [-0.1, -0.05) is 52.3 Å². The van der Waals surface area contributed by atoms with Crippen LogP contribution < -0.4 is 0 Å². The van der Waals surface area contributed by atoms with Crippen molar-refractivity contribution in [3.63, 3.8) is 0 Å². The highest BCUT2D eigenvalue weighted by Crippen LogP contribution is 2.44. The molecule has 1 fully saturated rings. The zero-order chi connectivity index (χ0) is 13.1. The Morgan fingerprint density at radius 2 is 1.89 bits per heavy atom. The molecule has 0 N–H and O–H groups in total. The maximum absolute atomic E-state index is 6.18. The number of nitrogens with zero attached hydrogens (tertiary/aromatic N) is 1. The van der Waals surface area contributed by atoms with Crippen LogP contribution in [0.2, 0.25) is 0 Å². The number of pyridine rings is 1. The van der Waals surface area contributed by atoms with Crippen molar-refractivity contribution in [1.29, 1.82) is 0 Å². The van der Waals surface area contributed by atoms with Gasteiger partial charge in [0.25, 0.3) is 0 Å². The third kappa shape index (κ3) is 2.72. The smallest absolute Gasteiger partial charge is 0.0913 e. The number of benzene rings is 1. The molecule has 1 aromatic heterocycles. The second-order valence-electron chi connectivity index (χ2n) is 4.87. The Balaban J connectivity index is 1.92. The summed E-state index contributed by atoms with van der Waals surface area (Å²) < 4.78 is 6.18. The second kappa shape index (κ2) is 5.85. The average Bonchev–Trinajstić information content (AvgIpc) is 2.93. The van der Waals surface area contributed by atoms with Gasteiger partial charge in [0.05, 0.1) is 12.2 Å². The lowest BCUT2D eigenvalue weighted by Crippen LogP contribution is -2.08. The number of hydrogen-bond acceptors (Lipinski definition) is 2. The molecule has 98 valence electrons. The normalized spacial score (nSPS) is 26.5. The summed E-state index contributed by atoms with van der Waals surface area (Å²) in [6, 6.07) is 14.7. The highest BCUT2D eigenvalue weighted by Gasteiger charge is 2.36. The van der Waals surface area contributed by atoms with E-state index in [0.717, 1.165) is 11.8 Å². The zero-order valence-corrected chi connectivity index (χ0v) is 12.2. The summed E-state index contributed by atoms with van der Waals surface area (Å²) in [7, 11) is 0. The fourth-order valence-corrected chi connectivity index (χ4v) is 3.15. The summed E-state index contributed by atoms with van der Waals surface area (Å²) in [6.07, 6.45) is 5.15. The molecule has 0 radical (unpaired) electrons. The van der Waals surface area contributed by atoms with Gasteiger partial charge in [-0.2, -0.15) is 0 Å². The highest BCUT2D eigenvalue weighted by atomic mass is 79.9. The van der Waals surface area contributed by atoms with E-state index < -0.39 is 0 Å². The van der Waals surface area contributed by atoms with Crippen LogP contribution in [0.25, 0.3) is 0 Å². The first-order valence-electron chi connectivity index (χ1n) is 6.55. The molecule has 0 unspecified atom stereocenters. The number of hydrogen-bond donors (Lipinski definition) is 0. The lowest BCUT2D eigenvalue weighted by Gasteiger charge is -2.18. The van der Waals surface area contributed by atoms with Crippen LogP contribution in [-0.4, -0.2) is 16.4 Å². The molecule has 1 aliphatic heterocycles. The number of halogens is 1. The van der Waals surface area contributed by atoms with Crippen LogP contribution in [0.3, 0.4) is 0 Å². The number of alkyl halides is 1. The molecule has 0 bridgehead atoms. The SMILES string of the molecule is BrC[C@@H]1C[C@@H](c2ccccc2)[C@@H](c2cccnc2)O1. The van der Waals surface area contributed by atoms with Gasteiger partial charge in [0.1, 0.15) is 0 Å². The van der Waals surface area contributed by atoms with Gasteiger partial charge < -0.3 is 4.74 Å². The van der Waals surface area contributed by atoms with Gasteiger partial charge in [-0.15, -0.1) is 0 Å². The Kier molecular flexibility index (Phi) is 3.95. The number of rotatable bonds is 3. The predicted octanol–water partition coefficient (Wildman–Crippen LogP) is 4.09. The largest absolute Gasteiger partial charge is 0.369 e. The van der Waals surface area contributed by atoms with Crippen molar-refractivity contribution >= 4 is 15.9 Å². The van der Waals surface area contributed by atoms with E-state index in [1.807, 2.05) is 12.3 Å². The summed E-state index contributed by atoms with van der Waals surface area (Å²) >= 11 is 3.54. The van der Waals surface area contributed by atoms with Gasteiger partial charge in [-0.05, 0) is 23.6 Å². The van der Waals surface area contributed by atoms with Crippen LogP contribution >= 0.6 is 15.9 Å². The molecular weight excluding hydrogens is 302 g/mol. The highest BCUT2D eigenvalue weighted by molar-refractivity contribution is 9.09. The number of aromatic nitrogens is 1. The topological polar surface area (TPSA) is 22.1 Å². The average molecular weight is 318 g/mol. The predicted molar refractivity (Wildman–Crippen MR) is 79.4 cm³/mol. The Morgan fingerprint density at radius 1 is 1.11 bits per heavy atom. The molecule has 1 saturated heterocycles. The molecule has 3 atom stereocenters. The molecule has 2 aromatic rings. The minimum atomic E-state index is 0.110. The summed E-state index contributed by atoms with van der Waals surface area (Å²) in [4.78, 5) is 4.22. The van der Waals surface area contributed by atoms with E-state index in [-0.39, 0.29) is 12.2 Å². The molecule has 19 heavy (non-hydrogen) atoms. The van der Waals surface area contributed by atoms with Crippen molar-refractivity contribution in [2.45, 2.75) is 24.5 Å². The summed E-state index contributed by atoms with van der Waals surface area (Å²) in [5.74, 6) is 0.410. The Bertz CT molecular complexity index is 469. The van der Waals surface area contributed by atoms with Gasteiger partial charge in [-0.25, -0.2) is 0 Å². The lowest BCUT2D eigenvalue weighted by atomic mass is 9.88. The first-order chi connectivity index (χ1) is 9.38. The molecule has 2 nitrogen and oxygen atoms in total. The maximum Gasteiger partial charge on any atom is 0.0913 e. The van der Waals surface area contributed by atoms with Crippen molar-refractivity contribution in [3.8, 4) is 0 Å². The summed E-state index contributed by atoms with van der Waals surface area (Å²) in [5, 5.41) is 0.882. The van der Waals surface area contributed by atoms with E-state index in [4.69, 9.17) is 4.74 Å². The molecule has 0 aliphatic carbocycles. The van der Waals surface area contributed by atoms with Crippen LogP contribution in [0.1, 0.15) is 29.6 Å². The van der Waals surface area contributed by atoms with Gasteiger partial charge in [0, 0.05) is 23.6 Å². The minimum absolute atomic E-state index is 0.110. The van der Waals surface area contributed by atoms with E-state index in [9.17, 15) is 0 Å². The van der Waals surface area contributed by atoms with Crippen LogP contribution in [0.15, 0.2) is 54.9 Å². The fourth-order valence-electron chi connectivity index (χ4n) is 2.73. The van der Waals surface area contributed by atoms with Crippen LogP contribution in [0.4, 0.5) is 0 Å². The van der Waals surface area contributed by atoms with Crippen LogP contribution in [0, 0.1) is 0 Å². The summed E-state index contributed by atoms with van der Waals surface area (Å²) in [6.45, 7) is 0. The third-order valence-electron chi connectivity index (χ3n) is 3.63. The van der Waals surface area contributed by atoms with E-state index in [1.54, 1.807) is 6.20 Å². The number of ether oxygens (including phenoxy) is 1. The molecule has 3 rings (SSSR count). The monoisotopic (exact) mass is 317 g/mol. The maximum atomic E-state index is 6.18. The minimum Gasteiger partial charge on any atom is -0.369 e. The molecule has 2 heterocycles. The van der Waals surface area contributed by atoms with Crippen molar-refractivity contribution in [1.82, 2.24) is 4.98 Å². The molecule has 0 spiro atoms. The van der Waals surface area contributed by atoms with Crippen molar-refractivity contribution in [3.05, 3.63) is 66.0 Å². The third-order valence-corrected chi connectivity index (χ3v) is 4.36. The van der Waals surface area contributed by atoms with E-state index >= 15 is 0 Å². The lowest BCUT2D eigenvalue weighted by molar-refractivity contribution is 0.0540. The van der Waals surface area contributed by atoms with Gasteiger partial charge in [-0.3, -0.25) is 4.98 Å². The molecule has 1 aliphatic rings.